The van der Waals surface area contributed by atoms with E-state index in [1.165, 1.54) is 0 Å². The second-order valence-corrected chi connectivity index (χ2v) is 2.66. The Labute approximate surface area is 79.7 Å². The molecule has 0 saturated heterocycles. The second kappa shape index (κ2) is 4.64. The fourth-order valence-electron chi connectivity index (χ4n) is 0.840. The molecule has 0 aromatic carbocycles. The van der Waals surface area contributed by atoms with Crippen molar-refractivity contribution in [1.29, 1.82) is 0 Å². The van der Waals surface area contributed by atoms with Crippen LogP contribution in [-0.4, -0.2) is 11.0 Å². The molecule has 1 aromatic rings. The molecular formula is C9H9F2NO2. The lowest BCUT2D eigenvalue weighted by molar-refractivity contribution is -0.134. The molecule has 14 heavy (non-hydrogen) atoms. The van der Waals surface area contributed by atoms with Crippen molar-refractivity contribution in [2.24, 2.45) is 0 Å². The molecule has 0 aliphatic carbocycles. The number of hydrogen-bond donors (Lipinski definition) is 0. The van der Waals surface area contributed by atoms with Gasteiger partial charge in [-0.3, -0.25) is 4.79 Å². The maximum atomic E-state index is 12.9. The van der Waals surface area contributed by atoms with Crippen molar-refractivity contribution in [3.8, 4) is 5.88 Å². The van der Waals surface area contributed by atoms with E-state index >= 15 is 0 Å². The van der Waals surface area contributed by atoms with Crippen LogP contribution in [0.4, 0.5) is 8.78 Å². The number of carbonyl (C=O) groups excluding carboxylic acids is 1. The Bertz CT molecular complexity index is 342. The Morgan fingerprint density at radius 2 is 2.29 bits per heavy atom. The predicted molar refractivity (Wildman–Crippen MR) is 44.7 cm³/mol. The molecule has 76 valence electrons. The zero-order chi connectivity index (χ0) is 10.6. The fraction of sp³-hybridized carbons (Fsp3) is 0.333. The van der Waals surface area contributed by atoms with Crippen LogP contribution in [0.1, 0.15) is 19.8 Å². The molecule has 1 aromatic heterocycles. The topological polar surface area (TPSA) is 39.2 Å². The number of aromatic nitrogens is 1. The number of hydrogen-bond acceptors (Lipinski definition) is 3. The first kappa shape index (κ1) is 10.6. The highest BCUT2D eigenvalue weighted by Crippen LogP contribution is 2.14. The number of nitrogens with zero attached hydrogens (tertiary/aromatic N) is 1. The molecular weight excluding hydrogens is 192 g/mol. The van der Waals surface area contributed by atoms with Gasteiger partial charge in [0, 0.05) is 12.5 Å². The summed E-state index contributed by atoms with van der Waals surface area (Å²) in [6.07, 6.45) is 1.57. The molecule has 0 bridgehead atoms. The van der Waals surface area contributed by atoms with E-state index in [0.717, 1.165) is 6.20 Å². The summed E-state index contributed by atoms with van der Waals surface area (Å²) in [5, 5.41) is 0. The molecule has 0 saturated carbocycles. The second-order valence-electron chi connectivity index (χ2n) is 2.66. The third kappa shape index (κ3) is 2.76. The zero-order valence-electron chi connectivity index (χ0n) is 7.59. The molecule has 0 fully saturated rings. The Kier molecular flexibility index (Phi) is 3.50. The summed E-state index contributed by atoms with van der Waals surface area (Å²) in [7, 11) is 0. The first-order valence-electron chi connectivity index (χ1n) is 4.15. The van der Waals surface area contributed by atoms with Gasteiger partial charge >= 0.3 is 5.97 Å². The van der Waals surface area contributed by atoms with E-state index in [-0.39, 0.29) is 6.42 Å². The third-order valence-electron chi connectivity index (χ3n) is 1.44. The number of carbonyl (C=O) groups is 1. The van der Waals surface area contributed by atoms with Crippen LogP contribution in [0.15, 0.2) is 12.3 Å². The molecule has 1 rings (SSSR count). The highest BCUT2D eigenvalue weighted by Gasteiger charge is 2.10. The summed E-state index contributed by atoms with van der Waals surface area (Å²) in [4.78, 5) is 14.2. The summed E-state index contributed by atoms with van der Waals surface area (Å²) in [5.41, 5.74) is 0. The van der Waals surface area contributed by atoms with E-state index in [9.17, 15) is 13.6 Å². The average molecular weight is 201 g/mol. The van der Waals surface area contributed by atoms with E-state index in [2.05, 4.69) is 9.72 Å². The number of ether oxygens (including phenoxy) is 1. The van der Waals surface area contributed by atoms with Crippen molar-refractivity contribution in [3.63, 3.8) is 0 Å². The minimum Gasteiger partial charge on any atom is -0.404 e. The highest BCUT2D eigenvalue weighted by molar-refractivity contribution is 5.71. The van der Waals surface area contributed by atoms with Crippen LogP contribution < -0.4 is 4.74 Å². The van der Waals surface area contributed by atoms with Crippen LogP contribution in [0.3, 0.4) is 0 Å². The zero-order valence-corrected chi connectivity index (χ0v) is 7.59. The van der Waals surface area contributed by atoms with E-state index in [0.29, 0.717) is 12.5 Å². The van der Waals surface area contributed by atoms with Crippen molar-refractivity contribution in [2.45, 2.75) is 19.8 Å². The van der Waals surface area contributed by atoms with Gasteiger partial charge in [-0.15, -0.1) is 0 Å². The van der Waals surface area contributed by atoms with Gasteiger partial charge in [-0.2, -0.15) is 0 Å². The molecule has 5 heteroatoms. The molecule has 0 spiro atoms. The van der Waals surface area contributed by atoms with Crippen molar-refractivity contribution in [2.75, 3.05) is 0 Å². The Hall–Kier alpha value is -1.52. The van der Waals surface area contributed by atoms with E-state index < -0.39 is 23.5 Å². The van der Waals surface area contributed by atoms with Crippen molar-refractivity contribution >= 4 is 5.97 Å². The smallest absolute Gasteiger partial charge is 0.312 e. The molecule has 0 amide bonds. The molecule has 0 atom stereocenters. The summed E-state index contributed by atoms with van der Waals surface area (Å²) in [6, 6.07) is 0.613. The number of pyridine rings is 1. The maximum Gasteiger partial charge on any atom is 0.312 e. The molecule has 1 heterocycles. The lowest BCUT2D eigenvalue weighted by atomic mass is 10.3. The minimum atomic E-state index is -0.977. The van der Waals surface area contributed by atoms with Gasteiger partial charge in [-0.25, -0.2) is 13.8 Å². The molecule has 0 aliphatic rings. The molecule has 0 aliphatic heterocycles. The van der Waals surface area contributed by atoms with E-state index in [1.807, 2.05) is 0 Å². The maximum absolute atomic E-state index is 12.9. The van der Waals surface area contributed by atoms with E-state index in [1.54, 1.807) is 6.92 Å². The standard InChI is InChI=1S/C9H9F2NO2/c1-2-3-8(13)14-9-7(11)4-6(10)5-12-9/h4-5H,2-3H2,1H3. The van der Waals surface area contributed by atoms with Gasteiger partial charge in [0.15, 0.2) is 5.82 Å². The van der Waals surface area contributed by atoms with E-state index in [4.69, 9.17) is 0 Å². The van der Waals surface area contributed by atoms with Crippen LogP contribution in [0, 0.1) is 11.6 Å². The van der Waals surface area contributed by atoms with Gasteiger partial charge in [0.1, 0.15) is 5.82 Å². The summed E-state index contributed by atoms with van der Waals surface area (Å²) in [6.45, 7) is 1.79. The normalized spacial score (nSPS) is 9.93. The third-order valence-corrected chi connectivity index (χ3v) is 1.44. The van der Waals surface area contributed by atoms with Crippen molar-refractivity contribution in [1.82, 2.24) is 4.98 Å². The highest BCUT2D eigenvalue weighted by atomic mass is 19.1. The molecule has 0 N–H and O–H groups in total. The lowest BCUT2D eigenvalue weighted by Gasteiger charge is -2.02. The van der Waals surface area contributed by atoms with Gasteiger partial charge in [0.05, 0.1) is 6.20 Å². The average Bonchev–Trinajstić information content (AvgIpc) is 2.10. The Morgan fingerprint density at radius 3 is 2.86 bits per heavy atom. The van der Waals surface area contributed by atoms with Crippen LogP contribution in [-0.2, 0) is 4.79 Å². The van der Waals surface area contributed by atoms with Gasteiger partial charge in [-0.1, -0.05) is 6.92 Å². The SMILES string of the molecule is CCCC(=O)Oc1ncc(F)cc1F. The van der Waals surface area contributed by atoms with Gasteiger partial charge in [-0.05, 0) is 6.42 Å². The first-order chi connectivity index (χ1) is 6.63. The number of rotatable bonds is 3. The molecule has 0 radical (unpaired) electrons. The summed E-state index contributed by atoms with van der Waals surface area (Å²) >= 11 is 0. The Morgan fingerprint density at radius 1 is 1.57 bits per heavy atom. The Balaban J connectivity index is 2.72. The number of esters is 1. The van der Waals surface area contributed by atoms with Gasteiger partial charge < -0.3 is 4.74 Å². The molecule has 3 nitrogen and oxygen atoms in total. The minimum absolute atomic E-state index is 0.179. The van der Waals surface area contributed by atoms with Crippen LogP contribution in [0.2, 0.25) is 0 Å². The predicted octanol–water partition coefficient (Wildman–Crippen LogP) is 2.07. The van der Waals surface area contributed by atoms with Crippen LogP contribution in [0.5, 0.6) is 5.88 Å². The fourth-order valence-corrected chi connectivity index (χ4v) is 0.840. The van der Waals surface area contributed by atoms with Crippen LogP contribution in [0.25, 0.3) is 0 Å². The van der Waals surface area contributed by atoms with Crippen molar-refractivity contribution in [3.05, 3.63) is 23.9 Å². The van der Waals surface area contributed by atoms with Crippen LogP contribution >= 0.6 is 0 Å². The summed E-state index contributed by atoms with van der Waals surface area (Å²) in [5.74, 6) is -2.84. The molecule has 0 unspecified atom stereocenters. The van der Waals surface area contributed by atoms with Crippen molar-refractivity contribution < 1.29 is 18.3 Å². The monoisotopic (exact) mass is 201 g/mol. The van der Waals surface area contributed by atoms with Gasteiger partial charge in [0.25, 0.3) is 5.88 Å². The number of halogens is 2. The first-order valence-corrected chi connectivity index (χ1v) is 4.15. The largest absolute Gasteiger partial charge is 0.404 e. The summed E-state index contributed by atoms with van der Waals surface area (Å²) < 4.78 is 29.8. The quantitative estimate of drug-likeness (QED) is 0.702. The van der Waals surface area contributed by atoms with Gasteiger partial charge in [0.2, 0.25) is 0 Å². The lowest BCUT2D eigenvalue weighted by Crippen LogP contribution is -2.09.